The standard InChI is InChI=1S/C19H28FN5O/c1-13(2)17-10-16(26-24-17)11-22-19(21-3)23-12-18(25(4)5)14-7-6-8-15(20)9-14/h6-10,13,18H,11-12H2,1-5H3,(H2,21,22,23). The van der Waals surface area contributed by atoms with Crippen LogP contribution in [0.5, 0.6) is 0 Å². The van der Waals surface area contributed by atoms with E-state index in [0.717, 1.165) is 17.0 Å². The lowest BCUT2D eigenvalue weighted by Crippen LogP contribution is -2.41. The fourth-order valence-corrected chi connectivity index (χ4v) is 2.58. The SMILES string of the molecule is CN=C(NCc1cc(C(C)C)no1)NCC(c1cccc(F)c1)N(C)C. The summed E-state index contributed by atoms with van der Waals surface area (Å²) in [5, 5.41) is 10.5. The van der Waals surface area contributed by atoms with Gasteiger partial charge in [-0.25, -0.2) is 4.39 Å². The zero-order valence-electron chi connectivity index (χ0n) is 16.1. The largest absolute Gasteiger partial charge is 0.359 e. The van der Waals surface area contributed by atoms with Gasteiger partial charge in [0.15, 0.2) is 11.7 Å². The molecule has 1 heterocycles. The zero-order valence-corrected chi connectivity index (χ0v) is 16.1. The summed E-state index contributed by atoms with van der Waals surface area (Å²) in [6.45, 7) is 5.22. The average Bonchev–Trinajstić information content (AvgIpc) is 3.07. The van der Waals surface area contributed by atoms with Crippen LogP contribution >= 0.6 is 0 Å². The molecule has 1 aromatic carbocycles. The maximum absolute atomic E-state index is 13.5. The Morgan fingerprint density at radius 1 is 1.27 bits per heavy atom. The molecule has 0 aliphatic rings. The van der Waals surface area contributed by atoms with Crippen LogP contribution in [0.3, 0.4) is 0 Å². The van der Waals surface area contributed by atoms with E-state index in [2.05, 4.69) is 34.6 Å². The number of guanidine groups is 1. The third kappa shape index (κ3) is 5.56. The molecule has 7 heteroatoms. The summed E-state index contributed by atoms with van der Waals surface area (Å²) in [6, 6.07) is 8.62. The Labute approximate surface area is 154 Å². The van der Waals surface area contributed by atoms with Crippen molar-refractivity contribution >= 4 is 5.96 Å². The molecular weight excluding hydrogens is 333 g/mol. The minimum atomic E-state index is -0.233. The Balaban J connectivity index is 1.93. The smallest absolute Gasteiger partial charge is 0.191 e. The summed E-state index contributed by atoms with van der Waals surface area (Å²) < 4.78 is 18.9. The number of nitrogens with one attached hydrogen (secondary N) is 2. The van der Waals surface area contributed by atoms with E-state index in [9.17, 15) is 4.39 Å². The van der Waals surface area contributed by atoms with Gasteiger partial charge in [-0.15, -0.1) is 0 Å². The van der Waals surface area contributed by atoms with Crippen LogP contribution in [0.15, 0.2) is 39.8 Å². The van der Waals surface area contributed by atoms with E-state index in [-0.39, 0.29) is 11.9 Å². The van der Waals surface area contributed by atoms with Gasteiger partial charge >= 0.3 is 0 Å². The fraction of sp³-hybridized carbons (Fsp3) is 0.474. The van der Waals surface area contributed by atoms with Crippen molar-refractivity contribution in [1.82, 2.24) is 20.7 Å². The van der Waals surface area contributed by atoms with Crippen LogP contribution in [0.2, 0.25) is 0 Å². The Hall–Kier alpha value is -2.41. The number of rotatable bonds is 7. The minimum Gasteiger partial charge on any atom is -0.359 e. The minimum absolute atomic E-state index is 0.0158. The van der Waals surface area contributed by atoms with Crippen molar-refractivity contribution in [2.45, 2.75) is 32.4 Å². The third-order valence-corrected chi connectivity index (χ3v) is 4.14. The predicted molar refractivity (Wildman–Crippen MR) is 102 cm³/mol. The van der Waals surface area contributed by atoms with Crippen molar-refractivity contribution in [1.29, 1.82) is 0 Å². The van der Waals surface area contributed by atoms with Gasteiger partial charge in [0.25, 0.3) is 0 Å². The molecular formula is C19H28FN5O. The van der Waals surface area contributed by atoms with Crippen LogP contribution in [-0.4, -0.2) is 43.7 Å². The highest BCUT2D eigenvalue weighted by Crippen LogP contribution is 2.18. The number of hydrogen-bond donors (Lipinski definition) is 2. The zero-order chi connectivity index (χ0) is 19.1. The van der Waals surface area contributed by atoms with Gasteiger partial charge in [0.05, 0.1) is 18.3 Å². The van der Waals surface area contributed by atoms with Gasteiger partial charge < -0.3 is 20.1 Å². The van der Waals surface area contributed by atoms with Crippen molar-refractivity contribution in [2.75, 3.05) is 27.7 Å². The van der Waals surface area contributed by atoms with E-state index in [1.807, 2.05) is 31.1 Å². The van der Waals surface area contributed by atoms with Crippen molar-refractivity contribution < 1.29 is 8.91 Å². The maximum Gasteiger partial charge on any atom is 0.191 e. The average molecular weight is 361 g/mol. The number of nitrogens with zero attached hydrogens (tertiary/aromatic N) is 3. The summed E-state index contributed by atoms with van der Waals surface area (Å²) in [4.78, 5) is 6.27. The molecule has 0 saturated heterocycles. The molecule has 0 spiro atoms. The van der Waals surface area contributed by atoms with Gasteiger partial charge in [-0.3, -0.25) is 4.99 Å². The fourth-order valence-electron chi connectivity index (χ4n) is 2.58. The second kappa shape index (κ2) is 9.33. The van der Waals surface area contributed by atoms with Gasteiger partial charge in [-0.05, 0) is 37.7 Å². The lowest BCUT2D eigenvalue weighted by Gasteiger charge is -2.26. The predicted octanol–water partition coefficient (Wildman–Crippen LogP) is 2.91. The monoisotopic (exact) mass is 361 g/mol. The molecule has 0 aliphatic heterocycles. The summed E-state index contributed by atoms with van der Waals surface area (Å²) in [5.74, 6) is 1.50. The first-order chi connectivity index (χ1) is 12.4. The molecule has 1 atom stereocenters. The molecule has 1 unspecified atom stereocenters. The Kier molecular flexibility index (Phi) is 7.15. The lowest BCUT2D eigenvalue weighted by molar-refractivity contribution is 0.297. The highest BCUT2D eigenvalue weighted by Gasteiger charge is 2.15. The molecule has 6 nitrogen and oxygen atoms in total. The van der Waals surface area contributed by atoms with Crippen molar-refractivity contribution in [3.8, 4) is 0 Å². The lowest BCUT2D eigenvalue weighted by atomic mass is 10.1. The summed E-state index contributed by atoms with van der Waals surface area (Å²) in [5.41, 5.74) is 1.85. The quantitative estimate of drug-likeness (QED) is 0.586. The molecule has 0 radical (unpaired) electrons. The van der Waals surface area contributed by atoms with Crippen LogP contribution < -0.4 is 10.6 Å². The number of halogens is 1. The molecule has 2 N–H and O–H groups in total. The van der Waals surface area contributed by atoms with Gasteiger partial charge in [-0.2, -0.15) is 0 Å². The van der Waals surface area contributed by atoms with E-state index in [4.69, 9.17) is 4.52 Å². The number of aliphatic imine (C=N–C) groups is 1. The highest BCUT2D eigenvalue weighted by atomic mass is 19.1. The van der Waals surface area contributed by atoms with E-state index in [1.165, 1.54) is 6.07 Å². The van der Waals surface area contributed by atoms with E-state index >= 15 is 0 Å². The topological polar surface area (TPSA) is 65.7 Å². The second-order valence-electron chi connectivity index (χ2n) is 6.71. The number of hydrogen-bond acceptors (Lipinski definition) is 4. The molecule has 0 amide bonds. The molecule has 2 aromatic rings. The van der Waals surface area contributed by atoms with Crippen LogP contribution in [-0.2, 0) is 6.54 Å². The molecule has 142 valence electrons. The first-order valence-electron chi connectivity index (χ1n) is 8.72. The van der Waals surface area contributed by atoms with Crippen LogP contribution in [0.4, 0.5) is 4.39 Å². The molecule has 0 saturated carbocycles. The first-order valence-corrected chi connectivity index (χ1v) is 8.72. The van der Waals surface area contributed by atoms with Crippen molar-refractivity contribution in [3.05, 3.63) is 53.2 Å². The van der Waals surface area contributed by atoms with E-state index < -0.39 is 0 Å². The third-order valence-electron chi connectivity index (χ3n) is 4.14. The Morgan fingerprint density at radius 2 is 2.04 bits per heavy atom. The highest BCUT2D eigenvalue weighted by molar-refractivity contribution is 5.79. The maximum atomic E-state index is 13.5. The van der Waals surface area contributed by atoms with Crippen molar-refractivity contribution in [2.24, 2.45) is 4.99 Å². The Morgan fingerprint density at radius 3 is 2.62 bits per heavy atom. The van der Waals surface area contributed by atoms with Crippen LogP contribution in [0, 0.1) is 5.82 Å². The molecule has 0 aliphatic carbocycles. The number of aromatic nitrogens is 1. The molecule has 0 fully saturated rings. The van der Waals surface area contributed by atoms with E-state index in [1.54, 1.807) is 19.2 Å². The van der Waals surface area contributed by atoms with Gasteiger partial charge in [0.1, 0.15) is 5.82 Å². The summed E-state index contributed by atoms with van der Waals surface area (Å²) in [6.07, 6.45) is 0. The molecule has 2 rings (SSSR count). The number of likely N-dealkylation sites (N-methyl/N-ethyl adjacent to an activating group) is 1. The van der Waals surface area contributed by atoms with Crippen molar-refractivity contribution in [3.63, 3.8) is 0 Å². The molecule has 1 aromatic heterocycles. The first kappa shape index (κ1) is 19.9. The molecule has 0 bridgehead atoms. The summed E-state index contributed by atoms with van der Waals surface area (Å²) in [7, 11) is 5.65. The van der Waals surface area contributed by atoms with Gasteiger partial charge in [-0.1, -0.05) is 31.1 Å². The van der Waals surface area contributed by atoms with Gasteiger partial charge in [0, 0.05) is 19.7 Å². The van der Waals surface area contributed by atoms with Crippen LogP contribution in [0.1, 0.15) is 42.8 Å². The van der Waals surface area contributed by atoms with Gasteiger partial charge in [0.2, 0.25) is 0 Å². The number of benzene rings is 1. The van der Waals surface area contributed by atoms with E-state index in [0.29, 0.717) is 25.0 Å². The normalized spacial score (nSPS) is 13.3. The van der Waals surface area contributed by atoms with Crippen LogP contribution in [0.25, 0.3) is 0 Å². The Bertz CT molecular complexity index is 726. The summed E-state index contributed by atoms with van der Waals surface area (Å²) >= 11 is 0. The molecule has 26 heavy (non-hydrogen) atoms. The second-order valence-corrected chi connectivity index (χ2v) is 6.71.